The molecule has 34 heavy (non-hydrogen) atoms. The van der Waals surface area contributed by atoms with Crippen LogP contribution in [0.25, 0.3) is 0 Å². The minimum Gasteiger partial charge on any atom is -0.339 e. The summed E-state index contributed by atoms with van der Waals surface area (Å²) >= 11 is 0. The summed E-state index contributed by atoms with van der Waals surface area (Å²) in [7, 11) is 0. The molecule has 1 aromatic carbocycles. The van der Waals surface area contributed by atoms with E-state index >= 15 is 0 Å². The molecule has 5 amide bonds. The fourth-order valence-electron chi connectivity index (χ4n) is 4.42. The van der Waals surface area contributed by atoms with Crippen LogP contribution in [-0.2, 0) is 20.6 Å². The van der Waals surface area contributed by atoms with Crippen LogP contribution in [-0.4, -0.2) is 83.3 Å². The van der Waals surface area contributed by atoms with Crippen LogP contribution in [0.15, 0.2) is 24.3 Å². The van der Waals surface area contributed by atoms with Crippen LogP contribution < -0.4 is 10.6 Å². The van der Waals surface area contributed by atoms with Gasteiger partial charge in [0.05, 0.1) is 17.8 Å². The molecule has 184 valence electrons. The van der Waals surface area contributed by atoms with E-state index in [1.807, 2.05) is 0 Å². The van der Waals surface area contributed by atoms with Crippen molar-refractivity contribution in [2.24, 2.45) is 5.92 Å². The maximum Gasteiger partial charge on any atom is 0.418 e. The first-order chi connectivity index (χ1) is 16.0. The fraction of sp³-hybridized carbons (Fsp3) is 0.545. The Kier molecular flexibility index (Phi) is 6.28. The van der Waals surface area contributed by atoms with Crippen molar-refractivity contribution >= 4 is 29.4 Å². The Morgan fingerprint density at radius 3 is 2.35 bits per heavy atom. The van der Waals surface area contributed by atoms with Crippen molar-refractivity contribution < 1.29 is 32.3 Å². The molecule has 2 heterocycles. The number of piperazine rings is 1. The van der Waals surface area contributed by atoms with E-state index in [1.165, 1.54) is 23.1 Å². The topological polar surface area (TPSA) is 102 Å². The molecular weight excluding hydrogens is 455 g/mol. The van der Waals surface area contributed by atoms with Gasteiger partial charge in [0.15, 0.2) is 0 Å². The van der Waals surface area contributed by atoms with Gasteiger partial charge in [-0.3, -0.25) is 24.2 Å². The van der Waals surface area contributed by atoms with Crippen molar-refractivity contribution in [1.29, 1.82) is 0 Å². The number of hydrogen-bond acceptors (Lipinski definition) is 5. The van der Waals surface area contributed by atoms with E-state index in [4.69, 9.17) is 0 Å². The molecule has 2 saturated heterocycles. The second kappa shape index (κ2) is 8.90. The molecule has 1 saturated carbocycles. The van der Waals surface area contributed by atoms with Crippen LogP contribution in [0.5, 0.6) is 0 Å². The van der Waals surface area contributed by atoms with Gasteiger partial charge in [-0.15, -0.1) is 0 Å². The average Bonchev–Trinajstić information content (AvgIpc) is 3.60. The zero-order valence-corrected chi connectivity index (χ0v) is 18.7. The molecule has 3 fully saturated rings. The lowest BCUT2D eigenvalue weighted by atomic mass is 9.96. The summed E-state index contributed by atoms with van der Waals surface area (Å²) in [5.41, 5.74) is -2.17. The number of alkyl halides is 3. The Morgan fingerprint density at radius 2 is 1.74 bits per heavy atom. The number of imide groups is 1. The summed E-state index contributed by atoms with van der Waals surface area (Å²) < 4.78 is 39.3. The number of nitrogens with one attached hydrogen (secondary N) is 2. The highest BCUT2D eigenvalue weighted by Gasteiger charge is 2.56. The molecule has 3 aliphatic rings. The largest absolute Gasteiger partial charge is 0.418 e. The van der Waals surface area contributed by atoms with Gasteiger partial charge < -0.3 is 15.5 Å². The highest BCUT2D eigenvalue weighted by molar-refractivity contribution is 6.09. The third kappa shape index (κ3) is 4.86. The van der Waals surface area contributed by atoms with E-state index in [0.29, 0.717) is 13.1 Å². The molecule has 0 aromatic heterocycles. The van der Waals surface area contributed by atoms with Crippen LogP contribution in [0.3, 0.4) is 0 Å². The number of amides is 5. The second-order valence-electron chi connectivity index (χ2n) is 9.05. The predicted molar refractivity (Wildman–Crippen MR) is 114 cm³/mol. The monoisotopic (exact) mass is 481 g/mol. The van der Waals surface area contributed by atoms with Crippen molar-refractivity contribution in [3.8, 4) is 0 Å². The van der Waals surface area contributed by atoms with Gasteiger partial charge >= 0.3 is 12.2 Å². The van der Waals surface area contributed by atoms with Gasteiger partial charge in [-0.1, -0.05) is 12.1 Å². The second-order valence-corrected chi connectivity index (χ2v) is 9.05. The van der Waals surface area contributed by atoms with E-state index in [2.05, 4.69) is 10.6 Å². The van der Waals surface area contributed by atoms with Gasteiger partial charge in [-0.25, -0.2) is 4.79 Å². The van der Waals surface area contributed by atoms with E-state index < -0.39 is 29.2 Å². The standard InChI is InChI=1S/C22H26F3N5O4/c1-21(14-6-7-14)19(33)30(20(34)27-21)13-18(32)29-10-8-28(9-11-29)12-17(31)26-16-5-3-2-4-15(16)22(23,24)25/h2-5,14H,6-13H2,1H3,(H,26,31)(H,27,34)/t21-/m1/s1. The molecule has 4 rings (SSSR count). The molecule has 1 atom stereocenters. The maximum absolute atomic E-state index is 13.1. The first-order valence-electron chi connectivity index (χ1n) is 11.1. The number of carbonyl (C=O) groups excluding carboxylic acids is 4. The van der Waals surface area contributed by atoms with Crippen LogP contribution in [0.1, 0.15) is 25.3 Å². The third-order valence-corrected chi connectivity index (χ3v) is 6.59. The molecule has 2 aliphatic heterocycles. The fourth-order valence-corrected chi connectivity index (χ4v) is 4.42. The number of nitrogens with zero attached hydrogens (tertiary/aromatic N) is 3. The van der Waals surface area contributed by atoms with Gasteiger partial charge in [0, 0.05) is 26.2 Å². The minimum atomic E-state index is -4.58. The van der Waals surface area contributed by atoms with E-state index in [-0.39, 0.29) is 49.6 Å². The molecule has 0 bridgehead atoms. The van der Waals surface area contributed by atoms with E-state index in [1.54, 1.807) is 11.8 Å². The van der Waals surface area contributed by atoms with Crippen LogP contribution in [0.4, 0.5) is 23.7 Å². The molecule has 0 spiro atoms. The average molecular weight is 481 g/mol. The zero-order chi connectivity index (χ0) is 24.7. The Balaban J connectivity index is 1.26. The van der Waals surface area contributed by atoms with Gasteiger partial charge in [0.1, 0.15) is 12.1 Å². The Morgan fingerprint density at radius 1 is 1.09 bits per heavy atom. The van der Waals surface area contributed by atoms with E-state index in [9.17, 15) is 32.3 Å². The van der Waals surface area contributed by atoms with Gasteiger partial charge in [0.2, 0.25) is 11.8 Å². The lowest BCUT2D eigenvalue weighted by Gasteiger charge is -2.35. The Hall–Kier alpha value is -3.15. The van der Waals surface area contributed by atoms with Crippen molar-refractivity contribution in [3.05, 3.63) is 29.8 Å². The zero-order valence-electron chi connectivity index (χ0n) is 18.7. The number of hydrogen-bond donors (Lipinski definition) is 2. The van der Waals surface area contributed by atoms with Crippen molar-refractivity contribution in [2.45, 2.75) is 31.5 Å². The van der Waals surface area contributed by atoms with Gasteiger partial charge in [0.25, 0.3) is 5.91 Å². The summed E-state index contributed by atoms with van der Waals surface area (Å²) in [4.78, 5) is 54.2. The molecule has 12 heteroatoms. The smallest absolute Gasteiger partial charge is 0.339 e. The minimum absolute atomic E-state index is 0.0989. The quantitative estimate of drug-likeness (QED) is 0.600. The highest BCUT2D eigenvalue weighted by Crippen LogP contribution is 2.42. The number of anilines is 1. The van der Waals surface area contributed by atoms with Crippen LogP contribution in [0.2, 0.25) is 0 Å². The molecule has 2 N–H and O–H groups in total. The number of halogens is 3. The first-order valence-corrected chi connectivity index (χ1v) is 11.1. The van der Waals surface area contributed by atoms with Gasteiger partial charge in [-0.05, 0) is 37.8 Å². The third-order valence-electron chi connectivity index (χ3n) is 6.59. The summed E-state index contributed by atoms with van der Waals surface area (Å²) in [5, 5.41) is 5.01. The Bertz CT molecular complexity index is 1000. The van der Waals surface area contributed by atoms with E-state index in [0.717, 1.165) is 23.8 Å². The summed E-state index contributed by atoms with van der Waals surface area (Å²) in [6.07, 6.45) is -2.86. The number of para-hydroxylation sites is 1. The normalized spacial score (nSPS) is 23.8. The van der Waals surface area contributed by atoms with Crippen molar-refractivity contribution in [1.82, 2.24) is 20.0 Å². The molecule has 1 aliphatic carbocycles. The summed E-state index contributed by atoms with van der Waals surface area (Å²) in [5.74, 6) is -1.24. The summed E-state index contributed by atoms with van der Waals surface area (Å²) in [6, 6.07) is 4.19. The number of rotatable bonds is 6. The molecule has 0 unspecified atom stereocenters. The SMILES string of the molecule is C[C@]1(C2CC2)NC(=O)N(CC(=O)N2CCN(CC(=O)Nc3ccccc3C(F)(F)F)CC2)C1=O. The maximum atomic E-state index is 13.1. The number of urea groups is 1. The van der Waals surface area contributed by atoms with Crippen LogP contribution in [0, 0.1) is 5.92 Å². The van der Waals surface area contributed by atoms with Gasteiger partial charge in [-0.2, -0.15) is 13.2 Å². The lowest BCUT2D eigenvalue weighted by molar-refractivity contribution is -0.140. The highest BCUT2D eigenvalue weighted by atomic mass is 19.4. The molecule has 0 radical (unpaired) electrons. The van der Waals surface area contributed by atoms with Crippen molar-refractivity contribution in [2.75, 3.05) is 44.6 Å². The number of carbonyl (C=O) groups is 4. The summed E-state index contributed by atoms with van der Waals surface area (Å²) in [6.45, 7) is 2.43. The molecular formula is C22H26F3N5O4. The van der Waals surface area contributed by atoms with Crippen molar-refractivity contribution in [3.63, 3.8) is 0 Å². The number of benzene rings is 1. The lowest BCUT2D eigenvalue weighted by Crippen LogP contribution is -2.53. The molecule has 1 aromatic rings. The van der Waals surface area contributed by atoms with Crippen LogP contribution >= 0.6 is 0 Å². The first kappa shape index (κ1) is 24.0. The predicted octanol–water partition coefficient (Wildman–Crippen LogP) is 1.51. The molecule has 9 nitrogen and oxygen atoms in total. The Labute approximate surface area is 194 Å².